The van der Waals surface area contributed by atoms with Gasteiger partial charge in [-0.2, -0.15) is 0 Å². The molecule has 228 valence electrons. The Labute approximate surface area is 265 Å². The van der Waals surface area contributed by atoms with Crippen molar-refractivity contribution in [2.75, 3.05) is 5.32 Å². The molecule has 0 saturated heterocycles. The summed E-state index contributed by atoms with van der Waals surface area (Å²) in [5, 5.41) is 41.1. The van der Waals surface area contributed by atoms with Gasteiger partial charge in [0, 0.05) is 17.3 Å². The molecule has 6 rings (SSSR count). The van der Waals surface area contributed by atoms with Crippen LogP contribution in [0.2, 0.25) is 0 Å². The van der Waals surface area contributed by atoms with E-state index in [0.29, 0.717) is 11.4 Å². The second-order valence-electron chi connectivity index (χ2n) is 10.8. The zero-order valence-electron chi connectivity index (χ0n) is 26.0. The SMILES string of the molecule is Cc1c(O)c(O)cc(Nc2ccccc2)c1O.Cc1ccccc1.Cc1ccccc1-c1cc(-c2ccc(O)cc2)ccc1C. The van der Waals surface area contributed by atoms with Crippen molar-refractivity contribution in [2.45, 2.75) is 27.7 Å². The second kappa shape index (κ2) is 15.2. The number of phenols is 4. The third-order valence-corrected chi connectivity index (χ3v) is 7.36. The van der Waals surface area contributed by atoms with Crippen molar-refractivity contribution in [3.63, 3.8) is 0 Å². The molecule has 6 aromatic rings. The Morgan fingerprint density at radius 2 is 1.02 bits per heavy atom. The minimum absolute atomic E-state index is 0.0795. The quantitative estimate of drug-likeness (QED) is 0.103. The van der Waals surface area contributed by atoms with Gasteiger partial charge in [0.25, 0.3) is 0 Å². The summed E-state index contributed by atoms with van der Waals surface area (Å²) < 4.78 is 0. The summed E-state index contributed by atoms with van der Waals surface area (Å²) in [7, 11) is 0. The molecular weight excluding hydrogens is 558 g/mol. The molecule has 0 aliphatic rings. The van der Waals surface area contributed by atoms with E-state index < -0.39 is 0 Å². The maximum atomic E-state index is 9.83. The van der Waals surface area contributed by atoms with E-state index in [1.807, 2.05) is 60.7 Å². The molecule has 0 amide bonds. The minimum Gasteiger partial charge on any atom is -0.508 e. The van der Waals surface area contributed by atoms with Crippen LogP contribution in [0.15, 0.2) is 133 Å². The molecule has 0 saturated carbocycles. The summed E-state index contributed by atoms with van der Waals surface area (Å²) in [6.45, 7) is 7.89. The fraction of sp³-hybridized carbons (Fsp3) is 0.100. The van der Waals surface area contributed by atoms with Crippen molar-refractivity contribution in [2.24, 2.45) is 0 Å². The molecule has 0 fully saturated rings. The average molecular weight is 598 g/mol. The van der Waals surface area contributed by atoms with Crippen LogP contribution in [-0.2, 0) is 0 Å². The Bertz CT molecular complexity index is 1830. The molecule has 0 heterocycles. The topological polar surface area (TPSA) is 93.0 Å². The molecular formula is C40H39NO4. The number of nitrogens with one attached hydrogen (secondary N) is 1. The summed E-state index contributed by atoms with van der Waals surface area (Å²) in [5.74, 6) is -0.353. The van der Waals surface area contributed by atoms with Gasteiger partial charge in [0.1, 0.15) is 11.5 Å². The van der Waals surface area contributed by atoms with Crippen molar-refractivity contribution in [1.82, 2.24) is 0 Å². The molecule has 0 spiro atoms. The van der Waals surface area contributed by atoms with E-state index in [1.165, 1.54) is 46.4 Å². The van der Waals surface area contributed by atoms with Crippen LogP contribution >= 0.6 is 0 Å². The lowest BCUT2D eigenvalue weighted by atomic mass is 9.93. The fourth-order valence-electron chi connectivity index (χ4n) is 4.71. The Morgan fingerprint density at radius 3 is 1.62 bits per heavy atom. The van der Waals surface area contributed by atoms with Crippen molar-refractivity contribution >= 4 is 11.4 Å². The van der Waals surface area contributed by atoms with Gasteiger partial charge in [0.15, 0.2) is 11.5 Å². The zero-order chi connectivity index (χ0) is 32.3. The number of aromatic hydroxyl groups is 4. The van der Waals surface area contributed by atoms with Gasteiger partial charge < -0.3 is 25.7 Å². The van der Waals surface area contributed by atoms with Crippen LogP contribution in [0.5, 0.6) is 23.0 Å². The van der Waals surface area contributed by atoms with Crippen LogP contribution in [0.25, 0.3) is 22.3 Å². The lowest BCUT2D eigenvalue weighted by Crippen LogP contribution is -1.92. The van der Waals surface area contributed by atoms with Crippen LogP contribution in [0.3, 0.4) is 0 Å². The number of anilines is 2. The van der Waals surface area contributed by atoms with Gasteiger partial charge in [0.2, 0.25) is 0 Å². The highest BCUT2D eigenvalue weighted by atomic mass is 16.3. The summed E-state index contributed by atoms with van der Waals surface area (Å²) in [4.78, 5) is 0. The average Bonchev–Trinajstić information content (AvgIpc) is 3.05. The van der Waals surface area contributed by atoms with Crippen LogP contribution < -0.4 is 5.32 Å². The van der Waals surface area contributed by atoms with Gasteiger partial charge in [-0.05, 0) is 91.4 Å². The summed E-state index contributed by atoms with van der Waals surface area (Å²) >= 11 is 0. The highest BCUT2D eigenvalue weighted by Crippen LogP contribution is 2.41. The lowest BCUT2D eigenvalue weighted by molar-refractivity contribution is 0.393. The maximum absolute atomic E-state index is 9.83. The van der Waals surface area contributed by atoms with E-state index in [0.717, 1.165) is 11.3 Å². The van der Waals surface area contributed by atoms with E-state index >= 15 is 0 Å². The highest BCUT2D eigenvalue weighted by molar-refractivity contribution is 5.77. The first-order valence-corrected chi connectivity index (χ1v) is 14.7. The van der Waals surface area contributed by atoms with Crippen molar-refractivity contribution in [3.8, 4) is 45.3 Å². The molecule has 6 aromatic carbocycles. The number of hydrogen-bond acceptors (Lipinski definition) is 5. The van der Waals surface area contributed by atoms with E-state index in [2.05, 4.69) is 80.7 Å². The Kier molecular flexibility index (Phi) is 10.9. The first-order valence-electron chi connectivity index (χ1n) is 14.7. The fourth-order valence-corrected chi connectivity index (χ4v) is 4.71. The molecule has 5 heteroatoms. The number of aryl methyl sites for hydroxylation is 3. The van der Waals surface area contributed by atoms with Gasteiger partial charge in [-0.15, -0.1) is 0 Å². The van der Waals surface area contributed by atoms with Crippen LogP contribution in [0.4, 0.5) is 11.4 Å². The number of para-hydroxylation sites is 1. The van der Waals surface area contributed by atoms with Crippen LogP contribution in [-0.4, -0.2) is 20.4 Å². The number of benzene rings is 6. The molecule has 5 nitrogen and oxygen atoms in total. The minimum atomic E-state index is -0.305. The van der Waals surface area contributed by atoms with E-state index in [9.17, 15) is 20.4 Å². The highest BCUT2D eigenvalue weighted by Gasteiger charge is 2.13. The summed E-state index contributed by atoms with van der Waals surface area (Å²) in [6, 6.07) is 43.1. The molecule has 0 aliphatic carbocycles. The maximum Gasteiger partial charge on any atom is 0.164 e. The predicted octanol–water partition coefficient (Wildman–Crippen LogP) is 10.2. The molecule has 0 aromatic heterocycles. The number of hydrogen-bond donors (Lipinski definition) is 5. The molecule has 5 N–H and O–H groups in total. The smallest absolute Gasteiger partial charge is 0.164 e. The van der Waals surface area contributed by atoms with E-state index in [-0.39, 0.29) is 22.8 Å². The van der Waals surface area contributed by atoms with Gasteiger partial charge >= 0.3 is 0 Å². The van der Waals surface area contributed by atoms with E-state index in [4.69, 9.17) is 0 Å². The van der Waals surface area contributed by atoms with Gasteiger partial charge in [-0.1, -0.05) is 103 Å². The second-order valence-corrected chi connectivity index (χ2v) is 10.8. The van der Waals surface area contributed by atoms with Gasteiger partial charge in [-0.3, -0.25) is 0 Å². The molecule has 0 radical (unpaired) electrons. The van der Waals surface area contributed by atoms with E-state index in [1.54, 1.807) is 12.1 Å². The zero-order valence-corrected chi connectivity index (χ0v) is 26.0. The third-order valence-electron chi connectivity index (χ3n) is 7.36. The Hall–Kier alpha value is -5.68. The first-order chi connectivity index (χ1) is 21.6. The Balaban J connectivity index is 0.000000171. The number of phenolic OH excluding ortho intramolecular Hbond substituents is 4. The standard InChI is InChI=1S/C20H18O.C13H13NO3.C7H8/c1-14-5-3-4-6-19(14)20-13-17(8-7-15(20)2)16-9-11-18(21)12-10-16;1-8-12(16)10(7-11(15)13(8)17)14-9-5-3-2-4-6-9;1-7-5-3-2-4-6-7/h3-13,21H,1-2H3;2-7,14-17H,1H3;2-6H,1H3. The van der Waals surface area contributed by atoms with Gasteiger partial charge in [-0.25, -0.2) is 0 Å². The monoisotopic (exact) mass is 597 g/mol. The van der Waals surface area contributed by atoms with Crippen LogP contribution in [0.1, 0.15) is 22.3 Å². The lowest BCUT2D eigenvalue weighted by Gasteiger charge is -2.12. The first kappa shape index (κ1) is 32.2. The molecule has 0 unspecified atom stereocenters. The normalized spacial score (nSPS) is 10.1. The molecule has 0 bridgehead atoms. The number of rotatable bonds is 4. The van der Waals surface area contributed by atoms with Crippen molar-refractivity contribution in [1.29, 1.82) is 0 Å². The largest absolute Gasteiger partial charge is 0.508 e. The third kappa shape index (κ3) is 8.68. The summed E-state index contributed by atoms with van der Waals surface area (Å²) in [5.41, 5.74) is 10.1. The summed E-state index contributed by atoms with van der Waals surface area (Å²) in [6.07, 6.45) is 0. The van der Waals surface area contributed by atoms with Crippen molar-refractivity contribution < 1.29 is 20.4 Å². The Morgan fingerprint density at radius 1 is 0.467 bits per heavy atom. The predicted molar refractivity (Wildman–Crippen MR) is 186 cm³/mol. The molecule has 0 aliphatic heterocycles. The van der Waals surface area contributed by atoms with Crippen molar-refractivity contribution in [3.05, 3.63) is 156 Å². The van der Waals surface area contributed by atoms with Gasteiger partial charge in [0.05, 0.1) is 5.69 Å². The van der Waals surface area contributed by atoms with Crippen LogP contribution in [0, 0.1) is 27.7 Å². The molecule has 45 heavy (non-hydrogen) atoms. The molecule has 0 atom stereocenters.